The first-order valence-electron chi connectivity index (χ1n) is 24.8. The summed E-state index contributed by atoms with van der Waals surface area (Å²) in [6.45, 7) is 20.7. The van der Waals surface area contributed by atoms with Gasteiger partial charge in [-0.25, -0.2) is 29.1 Å². The smallest absolute Gasteiger partial charge is 0.357 e. The van der Waals surface area contributed by atoms with Gasteiger partial charge < -0.3 is 34.9 Å². The summed E-state index contributed by atoms with van der Waals surface area (Å²) in [7, 11) is 0. The Kier molecular flexibility index (Phi) is 11.2. The number of imidazole rings is 4. The van der Waals surface area contributed by atoms with Gasteiger partial charge in [0.2, 0.25) is 0 Å². The van der Waals surface area contributed by atoms with Crippen LogP contribution in [-0.2, 0) is 62.9 Å². The number of H-pyrrole nitrogens is 1. The zero-order valence-corrected chi connectivity index (χ0v) is 42.7. The minimum atomic E-state index is -0.248. The molecule has 4 aromatic carbocycles. The Morgan fingerprint density at radius 1 is 0.370 bits per heavy atom. The number of aromatic amines is 1. The molecular weight excluding hydrogens is 976 g/mol. The van der Waals surface area contributed by atoms with Crippen LogP contribution in [0.25, 0.3) is 134 Å². The molecule has 7 aromatic heterocycles. The van der Waals surface area contributed by atoms with Crippen LogP contribution in [0.3, 0.4) is 0 Å². The van der Waals surface area contributed by atoms with E-state index in [0.29, 0.717) is 147 Å². The number of aryl methyl sites for hydroxylation is 7. The Labute approximate surface area is 424 Å². The van der Waals surface area contributed by atoms with E-state index >= 15 is 0 Å². The zero-order valence-electron chi connectivity index (χ0n) is 41.7. The molecule has 373 valence electrons. The van der Waals surface area contributed by atoms with Crippen LogP contribution < -0.4 is 32.7 Å². The number of rotatable bonds is 7. The Hall–Kier alpha value is -8.16. The maximum Gasteiger partial charge on any atom is 2.00 e. The van der Waals surface area contributed by atoms with E-state index < -0.39 is 0 Å². The van der Waals surface area contributed by atoms with Crippen molar-refractivity contribution >= 4 is 88.3 Å². The van der Waals surface area contributed by atoms with Gasteiger partial charge in [-0.05, 0) is 119 Å². The second-order valence-electron chi connectivity index (χ2n) is 17.5. The van der Waals surface area contributed by atoms with Crippen molar-refractivity contribution in [2.75, 3.05) is 0 Å². The SMILES string of the molecule is CC.CCn1c(=O)[nH]c2cc3c(cc21)-c1nc-3nc2[n-]c(nc3nc(nc4[n-]c(n1)c1cc5c(cc41)n(CC)c(=O)n5CC)-c1cc4c(cc1-3)n(CC)c(=O)n4CC)c1cc3c(cc21)n(CC)c(=O)n3CC.[Cu+2]. The largest absolute Gasteiger partial charge is 2.00 e. The molecule has 1 N–H and O–H groups in total. The molecule has 2 aliphatic rings. The Morgan fingerprint density at radius 2 is 0.630 bits per heavy atom. The van der Waals surface area contributed by atoms with Crippen molar-refractivity contribution in [2.24, 2.45) is 0 Å². The molecule has 20 nitrogen and oxygen atoms in total. The van der Waals surface area contributed by atoms with E-state index in [0.717, 1.165) is 33.1 Å². The van der Waals surface area contributed by atoms with Crippen LogP contribution in [0.15, 0.2) is 67.7 Å². The minimum absolute atomic E-state index is 0. The predicted octanol–water partition coefficient (Wildman–Crippen LogP) is 7.28. The van der Waals surface area contributed by atoms with Gasteiger partial charge in [0, 0.05) is 90.7 Å². The summed E-state index contributed by atoms with van der Waals surface area (Å²) in [6.07, 6.45) is 0. The molecule has 21 heteroatoms. The van der Waals surface area contributed by atoms with Gasteiger partial charge in [-0.2, -0.15) is 0 Å². The molecule has 0 saturated carbocycles. The molecule has 73 heavy (non-hydrogen) atoms. The summed E-state index contributed by atoms with van der Waals surface area (Å²) >= 11 is 0. The van der Waals surface area contributed by atoms with Crippen molar-refractivity contribution in [3.05, 3.63) is 90.5 Å². The van der Waals surface area contributed by atoms with Crippen LogP contribution in [-0.4, -0.2) is 66.9 Å². The van der Waals surface area contributed by atoms with Crippen LogP contribution in [0.5, 0.6) is 0 Å². The maximum atomic E-state index is 13.8. The summed E-state index contributed by atoms with van der Waals surface area (Å²) in [5.74, 6) is 1.20. The van der Waals surface area contributed by atoms with Crippen LogP contribution in [0.4, 0.5) is 0 Å². The van der Waals surface area contributed by atoms with E-state index in [9.17, 15) is 19.2 Å². The third-order valence-electron chi connectivity index (χ3n) is 14.2. The van der Waals surface area contributed by atoms with Gasteiger partial charge in [-0.15, -0.1) is 0 Å². The first-order chi connectivity index (χ1) is 35.0. The molecule has 9 heterocycles. The number of benzene rings is 4. The summed E-state index contributed by atoms with van der Waals surface area (Å²) in [6, 6.07) is 15.4. The van der Waals surface area contributed by atoms with Gasteiger partial charge in [0.15, 0.2) is 0 Å². The van der Waals surface area contributed by atoms with Gasteiger partial charge in [0.25, 0.3) is 0 Å². The van der Waals surface area contributed by atoms with Gasteiger partial charge in [-0.1, -0.05) is 13.8 Å². The Morgan fingerprint density at radius 3 is 0.918 bits per heavy atom. The van der Waals surface area contributed by atoms with E-state index in [1.54, 1.807) is 32.0 Å². The molecule has 0 amide bonds. The van der Waals surface area contributed by atoms with Gasteiger partial charge in [0.1, 0.15) is 0 Å². The van der Waals surface area contributed by atoms with Crippen molar-refractivity contribution < 1.29 is 17.1 Å². The molecule has 0 atom stereocenters. The molecule has 2 aliphatic heterocycles. The molecule has 0 fully saturated rings. The predicted molar refractivity (Wildman–Crippen MR) is 280 cm³/mol. The third kappa shape index (κ3) is 6.50. The molecule has 11 aromatic rings. The summed E-state index contributed by atoms with van der Waals surface area (Å²) in [5.41, 5.74) is 8.70. The van der Waals surface area contributed by atoms with Crippen molar-refractivity contribution in [1.29, 1.82) is 0 Å². The van der Waals surface area contributed by atoms with Gasteiger partial charge in [0.05, 0.1) is 67.4 Å². The fourth-order valence-corrected chi connectivity index (χ4v) is 10.9. The van der Waals surface area contributed by atoms with E-state index in [-0.39, 0.29) is 39.8 Å². The first-order valence-corrected chi connectivity index (χ1v) is 24.8. The zero-order chi connectivity index (χ0) is 50.2. The van der Waals surface area contributed by atoms with Gasteiger partial charge in [-0.3, -0.25) is 32.0 Å². The molecule has 0 aliphatic carbocycles. The molecule has 8 bridgehead atoms. The van der Waals surface area contributed by atoms with Crippen LogP contribution >= 0.6 is 0 Å². The van der Waals surface area contributed by atoms with E-state index in [4.69, 9.17) is 39.9 Å². The van der Waals surface area contributed by atoms with E-state index in [1.807, 2.05) is 111 Å². The average molecular weight is 1030 g/mol. The second kappa shape index (κ2) is 17.3. The first kappa shape index (κ1) is 47.2. The standard InChI is InChI=1S/C50H45N16O4.C2H6.Cu/c1-8-60-32-16-24-23(15-31(32)51-47(60)67)39-52-40(24)54-42-27-19-35-36(64(12-5)49(69)63(35)11-4)20-28(27)44(56-42)58-46-30-22-38-37(65(13-6)50(70)66(38)14-7)21-29(30)45(59-46)57-43-26-18-34-33(17-25(26)41(53-39)55-43)61(9-2)48(68)62(34)10-3;1-2;/h15-22H,8-14H2,1-7H3,(H2-,51,52,53,54,55,56,57,58,59,67);1-2H3;/q-1;;+2/p-1. The quantitative estimate of drug-likeness (QED) is 0.156. The van der Waals surface area contributed by atoms with Gasteiger partial charge >= 0.3 is 39.8 Å². The van der Waals surface area contributed by atoms with Crippen molar-refractivity contribution in [1.82, 2.24) is 76.8 Å². The summed E-state index contributed by atoms with van der Waals surface area (Å²) < 4.78 is 12.1. The molecular formula is C52H50CuN16O4. The average Bonchev–Trinajstić information content (AvgIpc) is 4.26. The number of nitrogens with zero attached hydrogens (tertiary/aromatic N) is 15. The Bertz CT molecular complexity index is 4590. The number of nitrogens with one attached hydrogen (secondary N) is 1. The van der Waals surface area contributed by atoms with Crippen molar-refractivity contribution in [3.63, 3.8) is 0 Å². The normalized spacial score (nSPS) is 12.1. The molecule has 13 rings (SSSR count). The van der Waals surface area contributed by atoms with Crippen molar-refractivity contribution in [3.8, 4) is 45.6 Å². The molecule has 0 unspecified atom stereocenters. The molecule has 0 saturated heterocycles. The minimum Gasteiger partial charge on any atom is -0.357 e. The molecule has 0 spiro atoms. The third-order valence-corrected chi connectivity index (χ3v) is 14.2. The summed E-state index contributed by atoms with van der Waals surface area (Å²) in [5, 5.41) is 2.54. The monoisotopic (exact) mass is 1030 g/mol. The number of hydrogen-bond acceptors (Lipinski definition) is 10. The topological polar surface area (TPSA) is 224 Å². The number of hydrogen-bond donors (Lipinski definition) is 1. The van der Waals surface area contributed by atoms with E-state index in [1.165, 1.54) is 0 Å². The number of aromatic nitrogens is 16. The molecule has 1 radical (unpaired) electrons. The van der Waals surface area contributed by atoms with Crippen LogP contribution in [0, 0.1) is 0 Å². The Balaban J connectivity index is 0.00000189. The maximum absolute atomic E-state index is 13.8. The fourth-order valence-electron chi connectivity index (χ4n) is 10.9. The summed E-state index contributed by atoms with van der Waals surface area (Å²) in [4.78, 5) is 99.1. The number of fused-ring (bicyclic) bond motifs is 24. The van der Waals surface area contributed by atoms with Crippen LogP contribution in [0.2, 0.25) is 0 Å². The van der Waals surface area contributed by atoms with E-state index in [2.05, 4.69) is 4.98 Å². The van der Waals surface area contributed by atoms with Crippen molar-refractivity contribution in [2.45, 2.75) is 108 Å². The van der Waals surface area contributed by atoms with Crippen LogP contribution in [0.1, 0.15) is 62.3 Å². The fraction of sp³-hybridized carbons (Fsp3) is 0.308. The second-order valence-corrected chi connectivity index (χ2v) is 17.5.